The topological polar surface area (TPSA) is 77.5 Å². The van der Waals surface area contributed by atoms with E-state index in [1.165, 1.54) is 7.11 Å². The Morgan fingerprint density at radius 3 is 2.77 bits per heavy atom. The molecule has 3 rings (SSSR count). The molecule has 0 spiro atoms. The number of amides is 1. The van der Waals surface area contributed by atoms with Crippen molar-refractivity contribution < 1.29 is 19.1 Å². The van der Waals surface area contributed by atoms with Crippen molar-refractivity contribution in [2.24, 2.45) is 0 Å². The molecule has 0 saturated heterocycles. The molecule has 0 radical (unpaired) electrons. The van der Waals surface area contributed by atoms with E-state index in [1.54, 1.807) is 24.4 Å². The number of pyridine rings is 1. The second-order valence-electron chi connectivity index (χ2n) is 5.35. The summed E-state index contributed by atoms with van der Waals surface area (Å²) in [4.78, 5) is 28.0. The van der Waals surface area contributed by atoms with Gasteiger partial charge in [0.15, 0.2) is 6.61 Å². The molecule has 6 nitrogen and oxygen atoms in total. The molecule has 0 aliphatic carbocycles. The van der Waals surface area contributed by atoms with Crippen LogP contribution in [0, 0.1) is 0 Å². The number of hydrogen-bond donors (Lipinski definition) is 1. The normalized spacial score (nSPS) is 10.4. The Hall–Kier alpha value is -2.93. The van der Waals surface area contributed by atoms with Crippen LogP contribution in [0.2, 0.25) is 0 Å². The average molecular weight is 415 g/mol. The van der Waals surface area contributed by atoms with E-state index in [0.717, 1.165) is 10.9 Å². The molecule has 0 fully saturated rings. The van der Waals surface area contributed by atoms with Gasteiger partial charge in [0.25, 0.3) is 5.91 Å². The molecule has 1 heterocycles. The second-order valence-corrected chi connectivity index (χ2v) is 6.20. The largest absolute Gasteiger partial charge is 0.483 e. The first kappa shape index (κ1) is 17.9. The first-order valence-electron chi connectivity index (χ1n) is 7.73. The Kier molecular flexibility index (Phi) is 5.48. The summed E-state index contributed by atoms with van der Waals surface area (Å²) in [5, 5.41) is 3.67. The third kappa shape index (κ3) is 4.00. The predicted molar refractivity (Wildman–Crippen MR) is 101 cm³/mol. The maximum Gasteiger partial charge on any atom is 0.337 e. The molecule has 2 aromatic carbocycles. The van der Waals surface area contributed by atoms with Crippen molar-refractivity contribution in [1.82, 2.24) is 4.98 Å². The second kappa shape index (κ2) is 7.97. The third-order valence-electron chi connectivity index (χ3n) is 3.63. The number of methoxy groups -OCH3 is 1. The van der Waals surface area contributed by atoms with Crippen molar-refractivity contribution >= 4 is 44.4 Å². The van der Waals surface area contributed by atoms with Crippen molar-refractivity contribution in [3.05, 3.63) is 64.8 Å². The summed E-state index contributed by atoms with van der Waals surface area (Å²) >= 11 is 3.32. The van der Waals surface area contributed by atoms with Gasteiger partial charge in [0.05, 0.1) is 28.4 Å². The number of halogens is 1. The number of rotatable bonds is 5. The van der Waals surface area contributed by atoms with Crippen molar-refractivity contribution in [2.75, 3.05) is 19.0 Å². The number of benzene rings is 2. The number of nitrogens with zero attached hydrogens (tertiary/aromatic N) is 1. The van der Waals surface area contributed by atoms with Crippen LogP contribution < -0.4 is 10.1 Å². The minimum atomic E-state index is -0.445. The third-order valence-corrected chi connectivity index (χ3v) is 4.25. The summed E-state index contributed by atoms with van der Waals surface area (Å²) in [5.74, 6) is -0.294. The Morgan fingerprint density at radius 1 is 1.15 bits per heavy atom. The standard InChI is InChI=1S/C19H15BrN2O4/c1-25-19(24)12-7-8-17(14(20)10-12)26-11-18(23)22-16-6-2-5-15-13(16)4-3-9-21-15/h2-10H,11H2,1H3,(H,22,23). The minimum Gasteiger partial charge on any atom is -0.483 e. The van der Waals surface area contributed by atoms with Crippen LogP contribution in [0.3, 0.4) is 0 Å². The van der Waals surface area contributed by atoms with Crippen LogP contribution in [0.4, 0.5) is 5.69 Å². The quantitative estimate of drug-likeness (QED) is 0.642. The summed E-state index contributed by atoms with van der Waals surface area (Å²) in [7, 11) is 1.31. The Labute approximate surface area is 158 Å². The van der Waals surface area contributed by atoms with Crippen molar-refractivity contribution in [3.8, 4) is 5.75 Å². The molecular formula is C19H15BrN2O4. The number of ether oxygens (including phenoxy) is 2. The summed E-state index contributed by atoms with van der Waals surface area (Å²) in [6.45, 7) is -0.174. The van der Waals surface area contributed by atoms with Gasteiger partial charge in [-0.1, -0.05) is 6.07 Å². The number of fused-ring (bicyclic) bond motifs is 1. The number of anilines is 1. The molecule has 0 bridgehead atoms. The summed E-state index contributed by atoms with van der Waals surface area (Å²) in [5.41, 5.74) is 1.86. The SMILES string of the molecule is COC(=O)c1ccc(OCC(=O)Nc2cccc3ncccc23)c(Br)c1. The van der Waals surface area contributed by atoms with E-state index in [0.29, 0.717) is 21.5 Å². The van der Waals surface area contributed by atoms with Gasteiger partial charge in [0, 0.05) is 11.6 Å². The molecule has 1 amide bonds. The van der Waals surface area contributed by atoms with Gasteiger partial charge in [-0.2, -0.15) is 0 Å². The number of carbonyl (C=O) groups excluding carboxylic acids is 2. The van der Waals surface area contributed by atoms with E-state index in [1.807, 2.05) is 30.3 Å². The molecule has 0 aliphatic rings. The van der Waals surface area contributed by atoms with E-state index in [9.17, 15) is 9.59 Å². The van der Waals surface area contributed by atoms with Gasteiger partial charge in [-0.05, 0) is 58.4 Å². The van der Waals surface area contributed by atoms with E-state index in [4.69, 9.17) is 4.74 Å². The van der Waals surface area contributed by atoms with Crippen molar-refractivity contribution in [3.63, 3.8) is 0 Å². The van der Waals surface area contributed by atoms with Gasteiger partial charge in [0.2, 0.25) is 0 Å². The van der Waals surface area contributed by atoms with Gasteiger partial charge >= 0.3 is 5.97 Å². The monoisotopic (exact) mass is 414 g/mol. The highest BCUT2D eigenvalue weighted by Gasteiger charge is 2.11. The zero-order valence-electron chi connectivity index (χ0n) is 13.9. The molecule has 0 aliphatic heterocycles. The highest BCUT2D eigenvalue weighted by molar-refractivity contribution is 9.10. The summed E-state index contributed by atoms with van der Waals surface area (Å²) in [6.07, 6.45) is 1.70. The molecule has 0 saturated carbocycles. The van der Waals surface area contributed by atoms with Crippen LogP contribution in [0.1, 0.15) is 10.4 Å². The van der Waals surface area contributed by atoms with Crippen molar-refractivity contribution in [2.45, 2.75) is 0 Å². The molecule has 0 unspecified atom stereocenters. The van der Waals surface area contributed by atoms with Crippen LogP contribution in [-0.4, -0.2) is 30.6 Å². The molecule has 0 atom stereocenters. The van der Waals surface area contributed by atoms with E-state index >= 15 is 0 Å². The molecule has 26 heavy (non-hydrogen) atoms. The highest BCUT2D eigenvalue weighted by Crippen LogP contribution is 2.26. The molecule has 7 heteroatoms. The number of esters is 1. The van der Waals surface area contributed by atoms with Crippen LogP contribution >= 0.6 is 15.9 Å². The highest BCUT2D eigenvalue weighted by atomic mass is 79.9. The smallest absolute Gasteiger partial charge is 0.337 e. The van der Waals surface area contributed by atoms with Gasteiger partial charge < -0.3 is 14.8 Å². The van der Waals surface area contributed by atoms with Crippen LogP contribution in [-0.2, 0) is 9.53 Å². The molecule has 1 aromatic heterocycles. The number of carbonyl (C=O) groups is 2. The summed E-state index contributed by atoms with van der Waals surface area (Å²) < 4.78 is 10.7. The minimum absolute atomic E-state index is 0.174. The van der Waals surface area contributed by atoms with E-state index in [-0.39, 0.29) is 12.5 Å². The molecular weight excluding hydrogens is 400 g/mol. The predicted octanol–water partition coefficient (Wildman–Crippen LogP) is 3.80. The Balaban J connectivity index is 1.66. The van der Waals surface area contributed by atoms with Crippen LogP contribution in [0.25, 0.3) is 10.9 Å². The first-order chi connectivity index (χ1) is 12.6. The van der Waals surface area contributed by atoms with Crippen molar-refractivity contribution in [1.29, 1.82) is 0 Å². The van der Waals surface area contributed by atoms with Gasteiger partial charge in [-0.3, -0.25) is 9.78 Å². The van der Waals surface area contributed by atoms with E-state index < -0.39 is 5.97 Å². The van der Waals surface area contributed by atoms with Crippen LogP contribution in [0.15, 0.2) is 59.2 Å². The number of nitrogens with one attached hydrogen (secondary N) is 1. The fraction of sp³-hybridized carbons (Fsp3) is 0.105. The average Bonchev–Trinajstić information content (AvgIpc) is 2.66. The van der Waals surface area contributed by atoms with Gasteiger partial charge in [-0.25, -0.2) is 4.79 Å². The Morgan fingerprint density at radius 2 is 2.00 bits per heavy atom. The van der Waals surface area contributed by atoms with E-state index in [2.05, 4.69) is 31.0 Å². The lowest BCUT2D eigenvalue weighted by Gasteiger charge is -2.11. The Bertz CT molecular complexity index is 969. The number of aromatic nitrogens is 1. The fourth-order valence-electron chi connectivity index (χ4n) is 2.40. The molecule has 1 N–H and O–H groups in total. The maximum absolute atomic E-state index is 12.2. The molecule has 3 aromatic rings. The van der Waals surface area contributed by atoms with Crippen LogP contribution in [0.5, 0.6) is 5.75 Å². The lowest BCUT2D eigenvalue weighted by Crippen LogP contribution is -2.20. The lowest BCUT2D eigenvalue weighted by atomic mass is 10.2. The number of hydrogen-bond acceptors (Lipinski definition) is 5. The fourth-order valence-corrected chi connectivity index (χ4v) is 2.90. The van der Waals surface area contributed by atoms with Gasteiger partial charge in [-0.15, -0.1) is 0 Å². The van der Waals surface area contributed by atoms with Gasteiger partial charge in [0.1, 0.15) is 5.75 Å². The zero-order chi connectivity index (χ0) is 18.5. The lowest BCUT2D eigenvalue weighted by molar-refractivity contribution is -0.118. The zero-order valence-corrected chi connectivity index (χ0v) is 15.4. The summed E-state index contributed by atoms with van der Waals surface area (Å²) in [6, 6.07) is 14.0. The first-order valence-corrected chi connectivity index (χ1v) is 8.52. The molecule has 132 valence electrons. The maximum atomic E-state index is 12.2.